The smallest absolute Gasteiger partial charge is 0.258 e. The number of aryl methyl sites for hydroxylation is 1. The summed E-state index contributed by atoms with van der Waals surface area (Å²) in [5.74, 6) is 1.65. The van der Waals surface area contributed by atoms with Crippen molar-refractivity contribution in [1.29, 1.82) is 0 Å². The molecule has 0 atom stereocenters. The first-order valence-electron chi connectivity index (χ1n) is 10.2. The summed E-state index contributed by atoms with van der Waals surface area (Å²) in [7, 11) is 0. The number of benzene rings is 2. The largest absolute Gasteiger partial charge is 0.489 e. The fraction of sp³-hybridized carbons (Fsp3) is 0.391. The van der Waals surface area contributed by atoms with Crippen LogP contribution in [-0.4, -0.2) is 22.3 Å². The minimum atomic E-state index is 0.0578. The van der Waals surface area contributed by atoms with Crippen molar-refractivity contribution in [2.24, 2.45) is 0 Å². The molecule has 1 fully saturated rings. The highest BCUT2D eigenvalue weighted by Crippen LogP contribution is 2.32. The van der Waals surface area contributed by atoms with E-state index in [0.717, 1.165) is 22.4 Å². The van der Waals surface area contributed by atoms with E-state index < -0.39 is 0 Å². The van der Waals surface area contributed by atoms with Gasteiger partial charge in [0.1, 0.15) is 5.75 Å². The van der Waals surface area contributed by atoms with Crippen LogP contribution in [0.3, 0.4) is 0 Å². The van der Waals surface area contributed by atoms with Crippen LogP contribution in [0, 0.1) is 6.92 Å². The number of hydrogen-bond donors (Lipinski definition) is 1. The van der Waals surface area contributed by atoms with E-state index in [2.05, 4.69) is 34.5 Å². The standard InChI is InChI=1S/C23H26ClN3O2/c1-14(2)28-21-11-8-16(13-20(21)24)23-26-22(27-29-23)19-10-9-18(12-15(19)3)25-17-6-4-5-7-17/h8-14,17,25H,4-7H2,1-3H3. The number of halogens is 1. The van der Waals surface area contributed by atoms with Crippen LogP contribution in [0.1, 0.15) is 45.1 Å². The molecule has 1 saturated carbocycles. The molecule has 0 bridgehead atoms. The summed E-state index contributed by atoms with van der Waals surface area (Å²) in [6.45, 7) is 6.00. The molecule has 0 radical (unpaired) electrons. The summed E-state index contributed by atoms with van der Waals surface area (Å²) in [4.78, 5) is 4.58. The first kappa shape index (κ1) is 19.8. The quantitative estimate of drug-likeness (QED) is 0.501. The van der Waals surface area contributed by atoms with E-state index in [1.807, 2.05) is 32.0 Å². The second kappa shape index (κ2) is 8.46. The fourth-order valence-corrected chi connectivity index (χ4v) is 3.97. The first-order valence-corrected chi connectivity index (χ1v) is 10.6. The molecule has 5 nitrogen and oxygen atoms in total. The first-order chi connectivity index (χ1) is 14.0. The van der Waals surface area contributed by atoms with E-state index in [1.54, 1.807) is 6.07 Å². The van der Waals surface area contributed by atoms with Crippen molar-refractivity contribution in [3.63, 3.8) is 0 Å². The minimum Gasteiger partial charge on any atom is -0.489 e. The Morgan fingerprint density at radius 1 is 1.14 bits per heavy atom. The van der Waals surface area contributed by atoms with Crippen LogP contribution >= 0.6 is 11.6 Å². The molecule has 0 aliphatic heterocycles. The zero-order valence-electron chi connectivity index (χ0n) is 17.0. The van der Waals surface area contributed by atoms with Crippen molar-refractivity contribution in [3.05, 3.63) is 47.0 Å². The van der Waals surface area contributed by atoms with Gasteiger partial charge in [0, 0.05) is 22.9 Å². The maximum atomic E-state index is 6.34. The molecule has 6 heteroatoms. The van der Waals surface area contributed by atoms with Crippen LogP contribution in [0.15, 0.2) is 40.9 Å². The molecule has 4 rings (SSSR count). The van der Waals surface area contributed by atoms with Crippen LogP contribution < -0.4 is 10.1 Å². The Labute approximate surface area is 176 Å². The van der Waals surface area contributed by atoms with E-state index in [9.17, 15) is 0 Å². The molecule has 1 aliphatic carbocycles. The molecule has 1 aromatic heterocycles. The average molecular weight is 412 g/mol. The molecular formula is C23H26ClN3O2. The molecule has 3 aromatic rings. The molecule has 152 valence electrons. The van der Waals surface area contributed by atoms with E-state index in [4.69, 9.17) is 20.9 Å². The maximum absolute atomic E-state index is 6.34. The molecule has 2 aromatic carbocycles. The van der Waals surface area contributed by atoms with Crippen molar-refractivity contribution in [2.75, 3.05) is 5.32 Å². The Kier molecular flexibility index (Phi) is 5.76. The Bertz CT molecular complexity index is 994. The van der Waals surface area contributed by atoms with Crippen molar-refractivity contribution >= 4 is 17.3 Å². The van der Waals surface area contributed by atoms with Gasteiger partial charge in [0.15, 0.2) is 0 Å². The van der Waals surface area contributed by atoms with Gasteiger partial charge < -0.3 is 14.6 Å². The van der Waals surface area contributed by atoms with Crippen LogP contribution in [0.2, 0.25) is 5.02 Å². The normalized spacial score (nSPS) is 14.5. The third kappa shape index (κ3) is 4.56. The topological polar surface area (TPSA) is 60.2 Å². The van der Waals surface area contributed by atoms with Gasteiger partial charge in [0.2, 0.25) is 5.82 Å². The lowest BCUT2D eigenvalue weighted by atomic mass is 10.1. The monoisotopic (exact) mass is 411 g/mol. The van der Waals surface area contributed by atoms with E-state index in [0.29, 0.717) is 28.5 Å². The van der Waals surface area contributed by atoms with Gasteiger partial charge >= 0.3 is 0 Å². The number of hydrogen-bond acceptors (Lipinski definition) is 5. The lowest BCUT2D eigenvalue weighted by molar-refractivity contribution is 0.242. The van der Waals surface area contributed by atoms with Gasteiger partial charge in [-0.25, -0.2) is 0 Å². The van der Waals surface area contributed by atoms with Gasteiger partial charge in [-0.15, -0.1) is 0 Å². The summed E-state index contributed by atoms with van der Waals surface area (Å²) in [6, 6.07) is 12.4. The Morgan fingerprint density at radius 3 is 2.62 bits per heavy atom. The molecule has 1 heterocycles. The third-order valence-electron chi connectivity index (χ3n) is 5.16. The van der Waals surface area contributed by atoms with Crippen molar-refractivity contribution in [1.82, 2.24) is 10.1 Å². The van der Waals surface area contributed by atoms with Gasteiger partial charge in [-0.3, -0.25) is 0 Å². The SMILES string of the molecule is Cc1cc(NC2CCCC2)ccc1-c1noc(-c2ccc(OC(C)C)c(Cl)c2)n1. The second-order valence-corrected chi connectivity index (χ2v) is 8.30. The molecule has 1 N–H and O–H groups in total. The molecule has 0 saturated heterocycles. The molecule has 29 heavy (non-hydrogen) atoms. The lowest BCUT2D eigenvalue weighted by Crippen LogP contribution is -2.14. The number of nitrogens with zero attached hydrogens (tertiary/aromatic N) is 2. The van der Waals surface area contributed by atoms with Gasteiger partial charge in [0.25, 0.3) is 5.89 Å². The third-order valence-corrected chi connectivity index (χ3v) is 5.46. The molecular weight excluding hydrogens is 386 g/mol. The summed E-state index contributed by atoms with van der Waals surface area (Å²) < 4.78 is 11.2. The fourth-order valence-electron chi connectivity index (χ4n) is 3.74. The molecule has 0 unspecified atom stereocenters. The van der Waals surface area contributed by atoms with Gasteiger partial charge in [0.05, 0.1) is 11.1 Å². The highest BCUT2D eigenvalue weighted by molar-refractivity contribution is 6.32. The number of anilines is 1. The Balaban J connectivity index is 1.53. The van der Waals surface area contributed by atoms with Crippen LogP contribution in [0.25, 0.3) is 22.8 Å². The van der Waals surface area contributed by atoms with Crippen molar-refractivity contribution < 1.29 is 9.26 Å². The molecule has 0 amide bonds. The Morgan fingerprint density at radius 2 is 1.93 bits per heavy atom. The summed E-state index contributed by atoms with van der Waals surface area (Å²) >= 11 is 6.34. The van der Waals surface area contributed by atoms with Crippen LogP contribution in [0.4, 0.5) is 5.69 Å². The Hall–Kier alpha value is -2.53. The molecule has 1 aliphatic rings. The van der Waals surface area contributed by atoms with Gasteiger partial charge in [-0.1, -0.05) is 29.6 Å². The van der Waals surface area contributed by atoms with Crippen LogP contribution in [-0.2, 0) is 0 Å². The average Bonchev–Trinajstić information content (AvgIpc) is 3.35. The predicted octanol–water partition coefficient (Wildman–Crippen LogP) is 6.51. The number of ether oxygens (including phenoxy) is 1. The van der Waals surface area contributed by atoms with E-state index in [1.165, 1.54) is 25.7 Å². The predicted molar refractivity (Wildman–Crippen MR) is 117 cm³/mol. The zero-order valence-corrected chi connectivity index (χ0v) is 17.8. The zero-order chi connectivity index (χ0) is 20.4. The number of rotatable bonds is 6. The lowest BCUT2D eigenvalue weighted by Gasteiger charge is -2.14. The van der Waals surface area contributed by atoms with E-state index >= 15 is 0 Å². The van der Waals surface area contributed by atoms with Gasteiger partial charge in [-0.05, 0) is 75.6 Å². The second-order valence-electron chi connectivity index (χ2n) is 7.89. The van der Waals surface area contributed by atoms with Crippen molar-refractivity contribution in [2.45, 2.75) is 58.6 Å². The van der Waals surface area contributed by atoms with Crippen LogP contribution in [0.5, 0.6) is 5.75 Å². The van der Waals surface area contributed by atoms with Gasteiger partial charge in [-0.2, -0.15) is 4.98 Å². The minimum absolute atomic E-state index is 0.0578. The van der Waals surface area contributed by atoms with E-state index in [-0.39, 0.29) is 6.10 Å². The summed E-state index contributed by atoms with van der Waals surface area (Å²) in [6.07, 6.45) is 5.18. The summed E-state index contributed by atoms with van der Waals surface area (Å²) in [5, 5.41) is 8.32. The number of nitrogens with one attached hydrogen (secondary N) is 1. The number of aromatic nitrogens is 2. The highest BCUT2D eigenvalue weighted by atomic mass is 35.5. The highest BCUT2D eigenvalue weighted by Gasteiger charge is 2.17. The summed E-state index contributed by atoms with van der Waals surface area (Å²) in [5.41, 5.74) is 3.98. The molecule has 0 spiro atoms. The van der Waals surface area contributed by atoms with Crippen molar-refractivity contribution in [3.8, 4) is 28.6 Å². The maximum Gasteiger partial charge on any atom is 0.258 e.